The lowest BCUT2D eigenvalue weighted by Gasteiger charge is -2.09. The van der Waals surface area contributed by atoms with E-state index in [2.05, 4.69) is 78.4 Å². The van der Waals surface area contributed by atoms with E-state index in [1.807, 2.05) is 72.1 Å². The standard InChI is InChI=1S/C31H24BrIN4O2S/c1-20-2-13-26(14-3-20)35-31-36-28(19-40-31)23-7-9-24(10-8-23)30(38)37-34-17-22-6-15-29(27(33)16-22)39-18-21-4-11-25(32)12-5-21/h2-17,19H,18H2,1H3,(H,35,36)(H,37,38)/b34-17-. The van der Waals surface area contributed by atoms with Gasteiger partial charge in [-0.3, -0.25) is 4.79 Å². The van der Waals surface area contributed by atoms with Gasteiger partial charge in [0.2, 0.25) is 0 Å². The van der Waals surface area contributed by atoms with Gasteiger partial charge in [0.25, 0.3) is 5.91 Å². The minimum atomic E-state index is -0.285. The molecule has 200 valence electrons. The minimum Gasteiger partial charge on any atom is -0.488 e. The van der Waals surface area contributed by atoms with Crippen LogP contribution in [0.5, 0.6) is 5.75 Å². The molecule has 1 aromatic heterocycles. The first kappa shape index (κ1) is 28.0. The van der Waals surface area contributed by atoms with Crippen LogP contribution in [0.4, 0.5) is 10.8 Å². The molecule has 0 spiro atoms. The number of nitrogens with one attached hydrogen (secondary N) is 2. The van der Waals surface area contributed by atoms with Gasteiger partial charge in [0.1, 0.15) is 12.4 Å². The monoisotopic (exact) mass is 722 g/mol. The van der Waals surface area contributed by atoms with Gasteiger partial charge in [-0.05, 0) is 95.2 Å². The summed E-state index contributed by atoms with van der Waals surface area (Å²) in [5.41, 5.74) is 9.05. The molecule has 6 nitrogen and oxygen atoms in total. The summed E-state index contributed by atoms with van der Waals surface area (Å²) in [6.07, 6.45) is 1.62. The van der Waals surface area contributed by atoms with Gasteiger partial charge in [0.05, 0.1) is 15.5 Å². The maximum Gasteiger partial charge on any atom is 0.271 e. The number of aromatic nitrogens is 1. The van der Waals surface area contributed by atoms with Crippen molar-refractivity contribution >= 4 is 72.8 Å². The van der Waals surface area contributed by atoms with E-state index < -0.39 is 0 Å². The Kier molecular flexibility index (Phi) is 9.25. The van der Waals surface area contributed by atoms with Crippen molar-refractivity contribution in [3.63, 3.8) is 0 Å². The van der Waals surface area contributed by atoms with Crippen LogP contribution in [0.1, 0.15) is 27.0 Å². The zero-order valence-electron chi connectivity index (χ0n) is 21.4. The summed E-state index contributed by atoms with van der Waals surface area (Å²) in [6, 6.07) is 29.3. The molecular formula is C31H24BrIN4O2S. The number of hydrogen-bond donors (Lipinski definition) is 2. The highest BCUT2D eigenvalue weighted by molar-refractivity contribution is 14.1. The molecular weight excluding hydrogens is 699 g/mol. The second-order valence-electron chi connectivity index (χ2n) is 8.91. The van der Waals surface area contributed by atoms with E-state index in [0.717, 1.165) is 47.0 Å². The largest absolute Gasteiger partial charge is 0.488 e. The molecule has 0 saturated carbocycles. The van der Waals surface area contributed by atoms with E-state index in [1.165, 1.54) is 16.9 Å². The summed E-state index contributed by atoms with van der Waals surface area (Å²) in [6.45, 7) is 2.55. The highest BCUT2D eigenvalue weighted by Crippen LogP contribution is 2.28. The second-order valence-corrected chi connectivity index (χ2v) is 11.8. The van der Waals surface area contributed by atoms with Crippen molar-refractivity contribution < 1.29 is 9.53 Å². The number of nitrogens with zero attached hydrogens (tertiary/aromatic N) is 2. The van der Waals surface area contributed by atoms with Gasteiger partial charge in [-0.25, -0.2) is 10.4 Å². The Hall–Kier alpha value is -3.54. The number of halogens is 2. The molecule has 1 heterocycles. The number of aryl methyl sites for hydroxylation is 1. The molecule has 40 heavy (non-hydrogen) atoms. The van der Waals surface area contributed by atoms with Gasteiger partial charge in [0, 0.05) is 26.7 Å². The summed E-state index contributed by atoms with van der Waals surface area (Å²) in [7, 11) is 0. The average molecular weight is 723 g/mol. The van der Waals surface area contributed by atoms with E-state index in [-0.39, 0.29) is 5.91 Å². The minimum absolute atomic E-state index is 0.285. The Balaban J connectivity index is 1.14. The third kappa shape index (κ3) is 7.56. The maximum absolute atomic E-state index is 12.6. The van der Waals surface area contributed by atoms with Crippen LogP contribution in [0.3, 0.4) is 0 Å². The normalized spacial score (nSPS) is 11.0. The number of carbonyl (C=O) groups is 1. The lowest BCUT2D eigenvalue weighted by atomic mass is 10.1. The second kappa shape index (κ2) is 13.2. The number of rotatable bonds is 9. The Labute approximate surface area is 258 Å². The zero-order valence-corrected chi connectivity index (χ0v) is 26.0. The number of ether oxygens (including phenoxy) is 1. The van der Waals surface area contributed by atoms with Crippen LogP contribution in [-0.4, -0.2) is 17.1 Å². The molecule has 5 aromatic rings. The number of benzene rings is 4. The van der Waals surface area contributed by atoms with Crippen LogP contribution in [0, 0.1) is 10.5 Å². The summed E-state index contributed by atoms with van der Waals surface area (Å²) in [4.78, 5) is 17.3. The summed E-state index contributed by atoms with van der Waals surface area (Å²) >= 11 is 7.21. The number of amides is 1. The quantitative estimate of drug-likeness (QED) is 0.0909. The Bertz CT molecular complexity index is 1640. The van der Waals surface area contributed by atoms with Gasteiger partial charge in [0.15, 0.2) is 5.13 Å². The van der Waals surface area contributed by atoms with E-state index in [0.29, 0.717) is 12.2 Å². The molecule has 4 aromatic carbocycles. The smallest absolute Gasteiger partial charge is 0.271 e. The van der Waals surface area contributed by atoms with Gasteiger partial charge >= 0.3 is 0 Å². The zero-order chi connectivity index (χ0) is 27.9. The van der Waals surface area contributed by atoms with Gasteiger partial charge < -0.3 is 10.1 Å². The number of hydrogen-bond acceptors (Lipinski definition) is 6. The van der Waals surface area contributed by atoms with Crippen LogP contribution >= 0.6 is 49.9 Å². The van der Waals surface area contributed by atoms with Crippen molar-refractivity contribution in [1.29, 1.82) is 0 Å². The fourth-order valence-electron chi connectivity index (χ4n) is 3.70. The highest BCUT2D eigenvalue weighted by atomic mass is 127. The van der Waals surface area contributed by atoms with Crippen molar-refractivity contribution in [2.45, 2.75) is 13.5 Å². The van der Waals surface area contributed by atoms with Crippen LogP contribution in [0.25, 0.3) is 11.3 Å². The SMILES string of the molecule is Cc1ccc(Nc2nc(-c3ccc(C(=O)N/N=C\c4ccc(OCc5ccc(Br)cc5)c(I)c4)cc3)cs2)cc1. The van der Waals surface area contributed by atoms with E-state index >= 15 is 0 Å². The lowest BCUT2D eigenvalue weighted by Crippen LogP contribution is -2.17. The fourth-order valence-corrected chi connectivity index (χ4v) is 5.40. The first-order valence-electron chi connectivity index (χ1n) is 12.3. The first-order chi connectivity index (χ1) is 19.4. The molecule has 2 N–H and O–H groups in total. The van der Waals surface area contributed by atoms with Gasteiger partial charge in [-0.15, -0.1) is 11.3 Å². The fraction of sp³-hybridized carbons (Fsp3) is 0.0645. The summed E-state index contributed by atoms with van der Waals surface area (Å²) in [5.74, 6) is 0.509. The maximum atomic E-state index is 12.6. The highest BCUT2D eigenvalue weighted by Gasteiger charge is 2.09. The number of thiazole rings is 1. The van der Waals surface area contributed by atoms with Gasteiger partial charge in [-0.1, -0.05) is 57.9 Å². The molecule has 0 atom stereocenters. The van der Waals surface area contributed by atoms with Crippen molar-refractivity contribution in [3.05, 3.63) is 127 Å². The average Bonchev–Trinajstić information content (AvgIpc) is 3.43. The van der Waals surface area contributed by atoms with Crippen molar-refractivity contribution in [3.8, 4) is 17.0 Å². The van der Waals surface area contributed by atoms with E-state index in [4.69, 9.17) is 4.74 Å². The molecule has 0 radical (unpaired) electrons. The molecule has 5 rings (SSSR count). The number of anilines is 2. The van der Waals surface area contributed by atoms with Crippen molar-refractivity contribution in [2.24, 2.45) is 5.10 Å². The molecule has 1 amide bonds. The lowest BCUT2D eigenvalue weighted by molar-refractivity contribution is 0.0955. The van der Waals surface area contributed by atoms with Crippen LogP contribution in [-0.2, 0) is 6.61 Å². The molecule has 0 aliphatic carbocycles. The van der Waals surface area contributed by atoms with Crippen LogP contribution < -0.4 is 15.5 Å². The van der Waals surface area contributed by atoms with Crippen LogP contribution in [0.2, 0.25) is 0 Å². The summed E-state index contributed by atoms with van der Waals surface area (Å²) < 4.78 is 7.94. The number of carbonyl (C=O) groups excluding carboxylic acids is 1. The molecule has 0 fully saturated rings. The van der Waals surface area contributed by atoms with E-state index in [1.54, 1.807) is 18.3 Å². The Morgan fingerprint density at radius 2 is 1.77 bits per heavy atom. The topological polar surface area (TPSA) is 75.6 Å². The van der Waals surface area contributed by atoms with E-state index in [9.17, 15) is 4.79 Å². The summed E-state index contributed by atoms with van der Waals surface area (Å²) in [5, 5.41) is 10.3. The third-order valence-corrected chi connectivity index (χ3v) is 8.02. The molecule has 0 unspecified atom stereocenters. The molecule has 0 saturated heterocycles. The van der Waals surface area contributed by atoms with Crippen molar-refractivity contribution in [1.82, 2.24) is 10.4 Å². The first-order valence-corrected chi connectivity index (χ1v) is 15.1. The molecule has 0 aliphatic heterocycles. The number of hydrazone groups is 1. The van der Waals surface area contributed by atoms with Crippen molar-refractivity contribution in [2.75, 3.05) is 5.32 Å². The Morgan fingerprint density at radius 1 is 1.02 bits per heavy atom. The third-order valence-electron chi connectivity index (χ3n) is 5.89. The van der Waals surface area contributed by atoms with Gasteiger partial charge in [-0.2, -0.15) is 5.10 Å². The molecule has 0 aliphatic rings. The van der Waals surface area contributed by atoms with Crippen LogP contribution in [0.15, 0.2) is 106 Å². The Morgan fingerprint density at radius 3 is 2.50 bits per heavy atom. The molecule has 9 heteroatoms. The molecule has 0 bridgehead atoms. The predicted octanol–water partition coefficient (Wildman–Crippen LogP) is 8.57. The predicted molar refractivity (Wildman–Crippen MR) is 175 cm³/mol.